The van der Waals surface area contributed by atoms with Crippen molar-refractivity contribution in [1.29, 1.82) is 0 Å². The van der Waals surface area contributed by atoms with E-state index in [1.807, 2.05) is 27.7 Å². The fourth-order valence-corrected chi connectivity index (χ4v) is 1.20. The maximum Gasteiger partial charge on any atom is 0.122 e. The monoisotopic (exact) mass is 182 g/mol. The molecule has 0 aromatic heterocycles. The van der Waals surface area contributed by atoms with E-state index in [0.29, 0.717) is 0 Å². The Balaban J connectivity index is 4.86. The molecule has 0 aromatic rings. The molecule has 0 aromatic carbocycles. The number of rotatable bonds is 4. The summed E-state index contributed by atoms with van der Waals surface area (Å²) in [5.41, 5.74) is 1.74. The second-order valence-corrected chi connectivity index (χ2v) is 3.47. The van der Waals surface area contributed by atoms with Crippen LogP contribution in [0.25, 0.3) is 0 Å². The van der Waals surface area contributed by atoms with Gasteiger partial charge in [0.1, 0.15) is 5.83 Å². The van der Waals surface area contributed by atoms with Crippen LogP contribution in [-0.2, 0) is 0 Å². The van der Waals surface area contributed by atoms with E-state index in [9.17, 15) is 4.39 Å². The standard InChI is InChI=1S/C12H19F/c1-6-10(5)8-12(13)11(7-2)9(3)4/h6,8-9H,1,7H2,2-5H3/b10-8-,12-11-. The van der Waals surface area contributed by atoms with Gasteiger partial charge in [0.05, 0.1) is 0 Å². The van der Waals surface area contributed by atoms with E-state index < -0.39 is 0 Å². The molecule has 0 saturated heterocycles. The molecule has 0 N–H and O–H groups in total. The van der Waals surface area contributed by atoms with Crippen LogP contribution in [0.15, 0.2) is 35.7 Å². The molecule has 0 rings (SSSR count). The summed E-state index contributed by atoms with van der Waals surface area (Å²) in [6.07, 6.45) is 3.98. The van der Waals surface area contributed by atoms with Crippen molar-refractivity contribution in [2.75, 3.05) is 0 Å². The molecular weight excluding hydrogens is 163 g/mol. The molecule has 0 fully saturated rings. The number of hydrogen-bond acceptors (Lipinski definition) is 0. The zero-order valence-corrected chi connectivity index (χ0v) is 9.02. The molecule has 0 heterocycles. The quantitative estimate of drug-likeness (QED) is 0.565. The first kappa shape index (κ1) is 12.2. The van der Waals surface area contributed by atoms with Crippen LogP contribution in [0, 0.1) is 5.92 Å². The van der Waals surface area contributed by atoms with E-state index in [4.69, 9.17) is 0 Å². The lowest BCUT2D eigenvalue weighted by Crippen LogP contribution is -1.94. The predicted molar refractivity (Wildman–Crippen MR) is 57.2 cm³/mol. The maximum atomic E-state index is 13.5. The van der Waals surface area contributed by atoms with Crippen LogP contribution >= 0.6 is 0 Å². The van der Waals surface area contributed by atoms with Gasteiger partial charge in [-0.15, -0.1) is 0 Å². The second kappa shape index (κ2) is 5.74. The molecule has 0 bridgehead atoms. The number of halogens is 1. The van der Waals surface area contributed by atoms with Crippen molar-refractivity contribution in [2.45, 2.75) is 34.1 Å². The molecule has 0 unspecified atom stereocenters. The first-order chi connectivity index (χ1) is 6.02. The molecule has 0 atom stereocenters. The average Bonchev–Trinajstić information content (AvgIpc) is 2.04. The van der Waals surface area contributed by atoms with Gasteiger partial charge in [-0.05, 0) is 36.5 Å². The Morgan fingerprint density at radius 3 is 2.31 bits per heavy atom. The molecule has 74 valence electrons. The minimum Gasteiger partial charge on any atom is -0.207 e. The molecule has 13 heavy (non-hydrogen) atoms. The molecule has 0 nitrogen and oxygen atoms in total. The lowest BCUT2D eigenvalue weighted by atomic mass is 9.99. The summed E-state index contributed by atoms with van der Waals surface area (Å²) >= 11 is 0. The Kier molecular flexibility index (Phi) is 5.36. The van der Waals surface area contributed by atoms with Crippen LogP contribution in [0.1, 0.15) is 34.1 Å². The molecule has 0 spiro atoms. The van der Waals surface area contributed by atoms with Crippen LogP contribution in [-0.4, -0.2) is 0 Å². The van der Waals surface area contributed by atoms with E-state index >= 15 is 0 Å². The molecule has 0 aliphatic heterocycles. The smallest absolute Gasteiger partial charge is 0.122 e. The van der Waals surface area contributed by atoms with E-state index in [0.717, 1.165) is 17.6 Å². The Morgan fingerprint density at radius 2 is 2.00 bits per heavy atom. The van der Waals surface area contributed by atoms with Gasteiger partial charge in [-0.25, -0.2) is 4.39 Å². The van der Waals surface area contributed by atoms with E-state index in [1.165, 1.54) is 0 Å². The normalized spacial score (nSPS) is 14.5. The van der Waals surface area contributed by atoms with Gasteiger partial charge >= 0.3 is 0 Å². The van der Waals surface area contributed by atoms with Gasteiger partial charge in [-0.1, -0.05) is 33.4 Å². The Morgan fingerprint density at radius 1 is 1.46 bits per heavy atom. The van der Waals surface area contributed by atoms with Crippen LogP contribution in [0.2, 0.25) is 0 Å². The Labute approximate surface area is 80.9 Å². The van der Waals surface area contributed by atoms with Crippen LogP contribution < -0.4 is 0 Å². The SMILES string of the molecule is C=C/C(C)=C\C(F)=C(/CC)C(C)C. The van der Waals surface area contributed by atoms with E-state index in [-0.39, 0.29) is 11.7 Å². The summed E-state index contributed by atoms with van der Waals surface area (Å²) in [5, 5.41) is 0. The van der Waals surface area contributed by atoms with Crippen molar-refractivity contribution in [3.8, 4) is 0 Å². The summed E-state index contributed by atoms with van der Waals surface area (Å²) in [6.45, 7) is 11.4. The van der Waals surface area contributed by atoms with E-state index in [1.54, 1.807) is 12.2 Å². The highest BCUT2D eigenvalue weighted by Crippen LogP contribution is 2.21. The minimum atomic E-state index is -0.102. The lowest BCUT2D eigenvalue weighted by molar-refractivity contribution is 0.603. The summed E-state index contributed by atoms with van der Waals surface area (Å²) in [5.74, 6) is 0.175. The van der Waals surface area contributed by atoms with Crippen molar-refractivity contribution < 1.29 is 4.39 Å². The highest BCUT2D eigenvalue weighted by molar-refractivity contribution is 5.28. The third-order valence-corrected chi connectivity index (χ3v) is 2.06. The first-order valence-electron chi connectivity index (χ1n) is 4.72. The highest BCUT2D eigenvalue weighted by atomic mass is 19.1. The summed E-state index contributed by atoms with van der Waals surface area (Å²) in [7, 11) is 0. The van der Waals surface area contributed by atoms with Crippen LogP contribution in [0.5, 0.6) is 0 Å². The summed E-state index contributed by atoms with van der Waals surface area (Å²) < 4.78 is 13.5. The number of allylic oxidation sites excluding steroid dienone is 5. The maximum absolute atomic E-state index is 13.5. The van der Waals surface area contributed by atoms with Gasteiger partial charge in [0.25, 0.3) is 0 Å². The highest BCUT2D eigenvalue weighted by Gasteiger charge is 2.06. The van der Waals surface area contributed by atoms with Crippen LogP contribution in [0.3, 0.4) is 0 Å². The Hall–Kier alpha value is -0.850. The van der Waals surface area contributed by atoms with Crippen molar-refractivity contribution in [3.63, 3.8) is 0 Å². The lowest BCUT2D eigenvalue weighted by Gasteiger charge is -2.08. The largest absolute Gasteiger partial charge is 0.207 e. The zero-order chi connectivity index (χ0) is 10.4. The molecular formula is C12H19F. The summed E-state index contributed by atoms with van der Waals surface area (Å²) in [6, 6.07) is 0. The first-order valence-corrected chi connectivity index (χ1v) is 4.72. The van der Waals surface area contributed by atoms with Gasteiger partial charge in [0, 0.05) is 0 Å². The molecule has 1 heteroatoms. The van der Waals surface area contributed by atoms with E-state index in [2.05, 4.69) is 6.58 Å². The van der Waals surface area contributed by atoms with Gasteiger partial charge < -0.3 is 0 Å². The number of hydrogen-bond donors (Lipinski definition) is 0. The molecule has 0 amide bonds. The third-order valence-electron chi connectivity index (χ3n) is 2.06. The fraction of sp³-hybridized carbons (Fsp3) is 0.500. The third kappa shape index (κ3) is 4.07. The molecule has 0 aliphatic carbocycles. The Bertz CT molecular complexity index is 232. The van der Waals surface area contributed by atoms with Crippen molar-refractivity contribution in [3.05, 3.63) is 35.7 Å². The van der Waals surface area contributed by atoms with Crippen molar-refractivity contribution >= 4 is 0 Å². The molecule has 0 saturated carbocycles. The van der Waals surface area contributed by atoms with Gasteiger partial charge in [-0.2, -0.15) is 0 Å². The predicted octanol–water partition coefficient (Wildman–Crippen LogP) is 4.41. The molecule has 0 radical (unpaired) electrons. The van der Waals surface area contributed by atoms with Crippen molar-refractivity contribution in [1.82, 2.24) is 0 Å². The van der Waals surface area contributed by atoms with Crippen LogP contribution in [0.4, 0.5) is 4.39 Å². The van der Waals surface area contributed by atoms with Crippen molar-refractivity contribution in [2.24, 2.45) is 5.92 Å². The topological polar surface area (TPSA) is 0 Å². The van der Waals surface area contributed by atoms with Gasteiger partial charge in [-0.3, -0.25) is 0 Å². The fourth-order valence-electron chi connectivity index (χ4n) is 1.20. The second-order valence-electron chi connectivity index (χ2n) is 3.47. The zero-order valence-electron chi connectivity index (χ0n) is 9.02. The average molecular weight is 182 g/mol. The summed E-state index contributed by atoms with van der Waals surface area (Å²) in [4.78, 5) is 0. The van der Waals surface area contributed by atoms with Gasteiger partial charge in [0.2, 0.25) is 0 Å². The molecule has 0 aliphatic rings. The van der Waals surface area contributed by atoms with Gasteiger partial charge in [0.15, 0.2) is 0 Å². The minimum absolute atomic E-state index is 0.102.